The summed E-state index contributed by atoms with van der Waals surface area (Å²) in [6.45, 7) is 0.234. The highest BCUT2D eigenvalue weighted by molar-refractivity contribution is 8.00. The van der Waals surface area contributed by atoms with Crippen LogP contribution in [0.2, 0.25) is 0 Å². The fourth-order valence-electron chi connectivity index (χ4n) is 3.04. The number of rotatable bonds is 8. The van der Waals surface area contributed by atoms with E-state index in [9.17, 15) is 19.5 Å². The predicted octanol–water partition coefficient (Wildman–Crippen LogP) is 2.26. The molecule has 1 aliphatic rings. The van der Waals surface area contributed by atoms with Crippen LogP contribution in [0.15, 0.2) is 41.6 Å². The maximum absolute atomic E-state index is 12.7. The van der Waals surface area contributed by atoms with Crippen LogP contribution in [0, 0.1) is 0 Å². The van der Waals surface area contributed by atoms with Crippen molar-refractivity contribution in [2.24, 2.45) is 0 Å². The first-order valence-corrected chi connectivity index (χ1v) is 9.72. The highest BCUT2D eigenvalue weighted by Crippen LogP contribution is 2.33. The topological polar surface area (TPSA) is 106 Å². The van der Waals surface area contributed by atoms with E-state index in [0.29, 0.717) is 17.9 Å². The lowest BCUT2D eigenvalue weighted by atomic mass is 10.1. The molecule has 3 rings (SSSR count). The number of aromatic carboxylic acids is 1. The Hall–Kier alpha value is -3.07. The molecule has 29 heavy (non-hydrogen) atoms. The molecule has 1 aromatic heterocycles. The van der Waals surface area contributed by atoms with Crippen molar-refractivity contribution in [1.82, 2.24) is 9.88 Å². The second-order valence-electron chi connectivity index (χ2n) is 6.29. The molecular formula is C20H20N2O6S. The Morgan fingerprint density at radius 1 is 1.24 bits per heavy atom. The highest BCUT2D eigenvalue weighted by Gasteiger charge is 2.39. The number of carbonyl (C=O) groups excluding carboxylic acids is 2. The van der Waals surface area contributed by atoms with Crippen molar-refractivity contribution in [1.29, 1.82) is 0 Å². The third-order valence-corrected chi connectivity index (χ3v) is 5.73. The molecule has 2 amide bonds. The number of carbonyl (C=O) groups is 3. The van der Waals surface area contributed by atoms with Crippen LogP contribution in [0.3, 0.4) is 0 Å². The van der Waals surface area contributed by atoms with Crippen LogP contribution in [-0.4, -0.2) is 58.8 Å². The molecule has 0 spiro atoms. The Morgan fingerprint density at radius 2 is 2.00 bits per heavy atom. The third-order valence-electron chi connectivity index (χ3n) is 4.53. The van der Waals surface area contributed by atoms with E-state index in [2.05, 4.69) is 4.98 Å². The SMILES string of the molecule is COc1ccc(CCN2C(=O)C[C@@H](Sc3ncccc3C(=O)O)C2=O)cc1OC. The van der Waals surface area contributed by atoms with Gasteiger partial charge in [-0.25, -0.2) is 9.78 Å². The van der Waals surface area contributed by atoms with Gasteiger partial charge in [-0.1, -0.05) is 17.8 Å². The van der Waals surface area contributed by atoms with Gasteiger partial charge in [0.25, 0.3) is 0 Å². The fourth-order valence-corrected chi connectivity index (χ4v) is 4.17. The number of likely N-dealkylation sites (tertiary alicyclic amines) is 1. The summed E-state index contributed by atoms with van der Waals surface area (Å²) in [5.41, 5.74) is 0.916. The number of carboxylic acid groups (broad SMARTS) is 1. The number of imide groups is 1. The number of hydrogen-bond acceptors (Lipinski definition) is 7. The number of benzene rings is 1. The zero-order valence-electron chi connectivity index (χ0n) is 16.0. The smallest absolute Gasteiger partial charge is 0.338 e. The quantitative estimate of drug-likeness (QED) is 0.653. The van der Waals surface area contributed by atoms with E-state index in [1.54, 1.807) is 20.3 Å². The molecule has 1 aliphatic heterocycles. The Bertz CT molecular complexity index is 948. The lowest BCUT2D eigenvalue weighted by Crippen LogP contribution is -2.33. The third kappa shape index (κ3) is 4.51. The number of methoxy groups -OCH3 is 2. The Morgan fingerprint density at radius 3 is 2.69 bits per heavy atom. The van der Waals surface area contributed by atoms with Gasteiger partial charge >= 0.3 is 5.97 Å². The fraction of sp³-hybridized carbons (Fsp3) is 0.300. The number of thioether (sulfide) groups is 1. The molecule has 0 radical (unpaired) electrons. The summed E-state index contributed by atoms with van der Waals surface area (Å²) in [4.78, 5) is 41.7. The molecule has 1 N–H and O–H groups in total. The summed E-state index contributed by atoms with van der Waals surface area (Å²) < 4.78 is 10.5. The minimum atomic E-state index is -1.12. The van der Waals surface area contributed by atoms with Crippen LogP contribution in [0.4, 0.5) is 0 Å². The Kier molecular flexibility index (Phi) is 6.38. The number of aromatic nitrogens is 1. The van der Waals surface area contributed by atoms with Crippen molar-refractivity contribution in [2.75, 3.05) is 20.8 Å². The summed E-state index contributed by atoms with van der Waals surface area (Å²) >= 11 is 1.01. The van der Waals surface area contributed by atoms with E-state index in [0.717, 1.165) is 17.3 Å². The second-order valence-corrected chi connectivity index (χ2v) is 7.49. The van der Waals surface area contributed by atoms with Crippen LogP contribution in [0.5, 0.6) is 11.5 Å². The monoisotopic (exact) mass is 416 g/mol. The van der Waals surface area contributed by atoms with Crippen molar-refractivity contribution in [2.45, 2.75) is 23.1 Å². The van der Waals surface area contributed by atoms with Gasteiger partial charge in [-0.3, -0.25) is 14.5 Å². The zero-order chi connectivity index (χ0) is 21.0. The predicted molar refractivity (Wildman–Crippen MR) is 105 cm³/mol. The molecule has 0 aliphatic carbocycles. The molecule has 9 heteroatoms. The van der Waals surface area contributed by atoms with Gasteiger partial charge in [0, 0.05) is 19.2 Å². The lowest BCUT2D eigenvalue weighted by Gasteiger charge is -2.16. The van der Waals surface area contributed by atoms with Gasteiger partial charge < -0.3 is 14.6 Å². The maximum Gasteiger partial charge on any atom is 0.338 e. The van der Waals surface area contributed by atoms with Crippen LogP contribution in [-0.2, 0) is 16.0 Å². The van der Waals surface area contributed by atoms with Gasteiger partial charge in [0.15, 0.2) is 11.5 Å². The highest BCUT2D eigenvalue weighted by atomic mass is 32.2. The number of amides is 2. The molecular weight excluding hydrogens is 396 g/mol. The van der Waals surface area contributed by atoms with Crippen LogP contribution in [0.25, 0.3) is 0 Å². The molecule has 1 fully saturated rings. The van der Waals surface area contributed by atoms with Crippen LogP contribution in [0.1, 0.15) is 22.3 Å². The number of carboxylic acids is 1. The Balaban J connectivity index is 1.68. The van der Waals surface area contributed by atoms with E-state index in [4.69, 9.17) is 9.47 Å². The molecule has 0 bridgehead atoms. The van der Waals surface area contributed by atoms with Crippen LogP contribution < -0.4 is 9.47 Å². The van der Waals surface area contributed by atoms with Gasteiger partial charge in [0.2, 0.25) is 11.8 Å². The van der Waals surface area contributed by atoms with Gasteiger partial charge in [-0.15, -0.1) is 0 Å². The van der Waals surface area contributed by atoms with E-state index >= 15 is 0 Å². The lowest BCUT2D eigenvalue weighted by molar-refractivity contribution is -0.138. The van der Waals surface area contributed by atoms with Gasteiger partial charge in [0.1, 0.15) is 5.03 Å². The first-order chi connectivity index (χ1) is 13.9. The minimum absolute atomic E-state index is 0.0153. The zero-order valence-corrected chi connectivity index (χ0v) is 16.8. The van der Waals surface area contributed by atoms with Crippen molar-refractivity contribution >= 4 is 29.5 Å². The van der Waals surface area contributed by atoms with Gasteiger partial charge in [-0.05, 0) is 36.2 Å². The molecule has 1 aromatic carbocycles. The first-order valence-electron chi connectivity index (χ1n) is 8.84. The molecule has 8 nitrogen and oxygen atoms in total. The summed E-state index contributed by atoms with van der Waals surface area (Å²) in [6.07, 6.45) is 1.95. The van der Waals surface area contributed by atoms with Crippen molar-refractivity contribution < 1.29 is 29.0 Å². The number of pyridine rings is 1. The van der Waals surface area contributed by atoms with Crippen molar-refractivity contribution in [3.05, 3.63) is 47.7 Å². The average Bonchev–Trinajstić information content (AvgIpc) is 2.99. The second kappa shape index (κ2) is 8.95. The number of ether oxygens (including phenoxy) is 2. The van der Waals surface area contributed by atoms with Crippen molar-refractivity contribution in [3.8, 4) is 11.5 Å². The maximum atomic E-state index is 12.7. The summed E-state index contributed by atoms with van der Waals surface area (Å²) in [7, 11) is 3.09. The molecule has 1 atom stereocenters. The molecule has 2 aromatic rings. The Labute approximate surface area is 171 Å². The first kappa shape index (κ1) is 20.7. The van der Waals surface area contributed by atoms with E-state index in [1.165, 1.54) is 23.2 Å². The molecule has 1 saturated heterocycles. The minimum Gasteiger partial charge on any atom is -0.493 e. The molecule has 2 heterocycles. The largest absolute Gasteiger partial charge is 0.493 e. The van der Waals surface area contributed by atoms with E-state index < -0.39 is 11.2 Å². The number of hydrogen-bond donors (Lipinski definition) is 1. The summed E-state index contributed by atoms with van der Waals surface area (Å²) in [6, 6.07) is 8.38. The molecule has 0 unspecified atom stereocenters. The summed E-state index contributed by atoms with van der Waals surface area (Å²) in [5, 5.41) is 8.81. The van der Waals surface area contributed by atoms with Crippen molar-refractivity contribution in [3.63, 3.8) is 0 Å². The number of nitrogens with zero attached hydrogens (tertiary/aromatic N) is 2. The van der Waals surface area contributed by atoms with Gasteiger partial charge in [0.05, 0.1) is 25.0 Å². The van der Waals surface area contributed by atoms with Crippen LogP contribution >= 0.6 is 11.8 Å². The normalized spacial score (nSPS) is 16.2. The van der Waals surface area contributed by atoms with E-state index in [1.807, 2.05) is 12.1 Å². The average molecular weight is 416 g/mol. The van der Waals surface area contributed by atoms with E-state index in [-0.39, 0.29) is 35.4 Å². The molecule has 152 valence electrons. The molecule has 0 saturated carbocycles. The summed E-state index contributed by atoms with van der Waals surface area (Å²) in [5.74, 6) is -0.551. The standard InChI is InChI=1S/C20H20N2O6S/c1-27-14-6-5-12(10-15(14)28-2)7-9-22-17(23)11-16(19(22)24)29-18-13(20(25)26)4-3-8-21-18/h3-6,8,10,16H,7,9,11H2,1-2H3,(H,25,26)/t16-/m1/s1. The van der Waals surface area contributed by atoms with Gasteiger partial charge in [-0.2, -0.15) is 0 Å².